The van der Waals surface area contributed by atoms with Gasteiger partial charge in [-0.1, -0.05) is 29.8 Å². The molecule has 0 unspecified atom stereocenters. The maximum Gasteiger partial charge on any atom is 0.416 e. The number of hydrazone groups is 1. The third-order valence-electron chi connectivity index (χ3n) is 4.50. The molecule has 0 heterocycles. The van der Waals surface area contributed by atoms with Gasteiger partial charge in [-0.05, 0) is 51.8 Å². The van der Waals surface area contributed by atoms with Gasteiger partial charge in [-0.25, -0.2) is 0 Å². The van der Waals surface area contributed by atoms with Gasteiger partial charge in [0.2, 0.25) is 0 Å². The van der Waals surface area contributed by atoms with Crippen molar-refractivity contribution in [2.24, 2.45) is 5.10 Å². The van der Waals surface area contributed by atoms with Gasteiger partial charge in [-0.2, -0.15) is 18.3 Å². The summed E-state index contributed by atoms with van der Waals surface area (Å²) in [7, 11) is 1.45. The first-order valence-corrected chi connectivity index (χ1v) is 10.7. The van der Waals surface area contributed by atoms with E-state index in [1.54, 1.807) is 18.2 Å². The van der Waals surface area contributed by atoms with Crippen LogP contribution in [0.5, 0.6) is 11.5 Å². The SMILES string of the molecule is COc1cc(/C=N/Nc2ccc(C(F)(F)F)cc2[N+](=O)[O-])cc(Br)c1OCc1ccccc1Cl. The van der Waals surface area contributed by atoms with E-state index in [0.29, 0.717) is 32.6 Å². The van der Waals surface area contributed by atoms with Crippen LogP contribution in [0.1, 0.15) is 16.7 Å². The Balaban J connectivity index is 1.78. The lowest BCUT2D eigenvalue weighted by molar-refractivity contribution is -0.384. The molecule has 0 aliphatic rings. The monoisotopic (exact) mass is 557 g/mol. The number of nitro benzene ring substituents is 1. The molecule has 0 spiro atoms. The summed E-state index contributed by atoms with van der Waals surface area (Å²) in [5.74, 6) is 0.800. The van der Waals surface area contributed by atoms with Gasteiger partial charge in [0.05, 0.1) is 28.3 Å². The van der Waals surface area contributed by atoms with Crippen molar-refractivity contribution in [3.05, 3.63) is 90.9 Å². The second kappa shape index (κ2) is 10.7. The van der Waals surface area contributed by atoms with E-state index in [-0.39, 0.29) is 12.3 Å². The van der Waals surface area contributed by atoms with Crippen molar-refractivity contribution in [1.29, 1.82) is 0 Å². The van der Waals surface area contributed by atoms with Crippen molar-refractivity contribution >= 4 is 45.1 Å². The molecule has 0 radical (unpaired) electrons. The molecule has 1 N–H and O–H groups in total. The number of hydrogen-bond acceptors (Lipinski definition) is 6. The number of rotatable bonds is 8. The van der Waals surface area contributed by atoms with Crippen LogP contribution in [0.4, 0.5) is 24.5 Å². The third-order valence-corrected chi connectivity index (χ3v) is 5.46. The second-order valence-corrected chi connectivity index (χ2v) is 8.03. The predicted octanol–water partition coefficient (Wildman–Crippen LogP) is 7.06. The highest BCUT2D eigenvalue weighted by molar-refractivity contribution is 9.10. The van der Waals surface area contributed by atoms with Crippen molar-refractivity contribution < 1.29 is 27.6 Å². The van der Waals surface area contributed by atoms with E-state index in [0.717, 1.165) is 17.7 Å². The first-order valence-electron chi connectivity index (χ1n) is 9.48. The Morgan fingerprint density at radius 3 is 2.59 bits per heavy atom. The zero-order valence-electron chi connectivity index (χ0n) is 17.4. The van der Waals surface area contributed by atoms with Gasteiger partial charge in [0, 0.05) is 16.7 Å². The first-order chi connectivity index (χ1) is 16.1. The highest BCUT2D eigenvalue weighted by atomic mass is 79.9. The lowest BCUT2D eigenvalue weighted by Gasteiger charge is -2.14. The van der Waals surface area contributed by atoms with Gasteiger partial charge in [-0.15, -0.1) is 0 Å². The van der Waals surface area contributed by atoms with Crippen molar-refractivity contribution in [3.8, 4) is 11.5 Å². The van der Waals surface area contributed by atoms with E-state index in [2.05, 4.69) is 26.5 Å². The van der Waals surface area contributed by atoms with Crippen LogP contribution in [-0.4, -0.2) is 18.2 Å². The molecular weight excluding hydrogens is 543 g/mol. The van der Waals surface area contributed by atoms with Crippen molar-refractivity contribution in [2.45, 2.75) is 12.8 Å². The molecule has 0 fully saturated rings. The Labute approximate surface area is 205 Å². The number of methoxy groups -OCH3 is 1. The van der Waals surface area contributed by atoms with Gasteiger partial charge in [0.25, 0.3) is 5.69 Å². The number of benzene rings is 3. The highest BCUT2D eigenvalue weighted by Gasteiger charge is 2.33. The zero-order valence-corrected chi connectivity index (χ0v) is 19.7. The highest BCUT2D eigenvalue weighted by Crippen LogP contribution is 2.38. The summed E-state index contributed by atoms with van der Waals surface area (Å²) in [6.07, 6.45) is -3.38. The number of nitrogens with one attached hydrogen (secondary N) is 1. The van der Waals surface area contributed by atoms with E-state index in [1.165, 1.54) is 13.3 Å². The molecule has 3 aromatic rings. The summed E-state index contributed by atoms with van der Waals surface area (Å²) in [6.45, 7) is 0.196. The largest absolute Gasteiger partial charge is 0.493 e. The topological polar surface area (TPSA) is 86.0 Å². The predicted molar refractivity (Wildman–Crippen MR) is 126 cm³/mol. The Kier molecular flexibility index (Phi) is 8.00. The van der Waals surface area contributed by atoms with Gasteiger partial charge >= 0.3 is 6.18 Å². The van der Waals surface area contributed by atoms with Gasteiger partial charge in [-0.3, -0.25) is 15.5 Å². The molecule has 0 aliphatic carbocycles. The second-order valence-electron chi connectivity index (χ2n) is 6.77. The molecule has 0 amide bonds. The molecular formula is C22H16BrClF3N3O4. The standard InChI is InChI=1S/C22H16BrClF3N3O4/c1-33-20-9-13(8-16(23)21(20)34-12-14-4-2-3-5-17(14)24)11-28-29-18-7-6-15(22(25,26)27)10-19(18)30(31)32/h2-11,29H,12H2,1H3/b28-11+. The van der Waals surface area contributed by atoms with Crippen LogP contribution in [0.25, 0.3) is 0 Å². The Bertz CT molecular complexity index is 1240. The summed E-state index contributed by atoms with van der Waals surface area (Å²) >= 11 is 9.56. The van der Waals surface area contributed by atoms with Crippen LogP contribution in [0.2, 0.25) is 5.02 Å². The van der Waals surface area contributed by atoms with E-state index < -0.39 is 22.4 Å². The number of anilines is 1. The minimum absolute atomic E-state index is 0.194. The lowest BCUT2D eigenvalue weighted by atomic mass is 10.1. The fourth-order valence-corrected chi connectivity index (χ4v) is 3.61. The number of ether oxygens (including phenoxy) is 2. The number of nitro groups is 1. The first kappa shape index (κ1) is 25.3. The van der Waals surface area contributed by atoms with Crippen molar-refractivity contribution in [3.63, 3.8) is 0 Å². The Morgan fingerprint density at radius 1 is 1.21 bits per heavy atom. The Morgan fingerprint density at radius 2 is 1.94 bits per heavy atom. The number of alkyl halides is 3. The van der Waals surface area contributed by atoms with Crippen LogP contribution in [0, 0.1) is 10.1 Å². The molecule has 0 saturated heterocycles. The molecule has 0 saturated carbocycles. The van der Waals surface area contributed by atoms with E-state index in [4.69, 9.17) is 21.1 Å². The maximum atomic E-state index is 12.8. The van der Waals surface area contributed by atoms with Crippen molar-refractivity contribution in [2.75, 3.05) is 12.5 Å². The van der Waals surface area contributed by atoms with Crippen molar-refractivity contribution in [1.82, 2.24) is 0 Å². The fourth-order valence-electron chi connectivity index (χ4n) is 2.85. The third kappa shape index (κ3) is 6.17. The minimum Gasteiger partial charge on any atom is -0.493 e. The quantitative estimate of drug-likeness (QED) is 0.182. The number of hydrogen-bond donors (Lipinski definition) is 1. The molecule has 7 nitrogen and oxygen atoms in total. The summed E-state index contributed by atoms with van der Waals surface area (Å²) in [4.78, 5) is 10.3. The molecule has 0 aliphatic heterocycles. The smallest absolute Gasteiger partial charge is 0.416 e. The van der Waals surface area contributed by atoms with Crippen LogP contribution < -0.4 is 14.9 Å². The van der Waals surface area contributed by atoms with E-state index in [9.17, 15) is 23.3 Å². The minimum atomic E-state index is -4.70. The molecule has 3 aromatic carbocycles. The molecule has 0 bridgehead atoms. The normalized spacial score (nSPS) is 11.5. The van der Waals surface area contributed by atoms with E-state index >= 15 is 0 Å². The summed E-state index contributed by atoms with van der Waals surface area (Å²) in [5, 5.41) is 15.6. The molecule has 0 atom stereocenters. The van der Waals surface area contributed by atoms with Crippen LogP contribution in [-0.2, 0) is 12.8 Å². The average molecular weight is 559 g/mol. The number of halogens is 5. The van der Waals surface area contributed by atoms with Gasteiger partial charge < -0.3 is 9.47 Å². The van der Waals surface area contributed by atoms with Gasteiger partial charge in [0.15, 0.2) is 11.5 Å². The average Bonchev–Trinajstić information content (AvgIpc) is 2.78. The summed E-state index contributed by atoms with van der Waals surface area (Å²) in [5.41, 5.74) is 1.63. The molecule has 3 rings (SSSR count). The number of nitrogens with zero attached hydrogens (tertiary/aromatic N) is 2. The van der Waals surface area contributed by atoms with Gasteiger partial charge in [0.1, 0.15) is 12.3 Å². The summed E-state index contributed by atoms with van der Waals surface area (Å²) < 4.78 is 50.3. The molecule has 34 heavy (non-hydrogen) atoms. The van der Waals surface area contributed by atoms with Crippen LogP contribution in [0.15, 0.2) is 64.2 Å². The van der Waals surface area contributed by atoms with E-state index in [1.807, 2.05) is 18.2 Å². The van der Waals surface area contributed by atoms with Crippen LogP contribution >= 0.6 is 27.5 Å². The zero-order chi connectivity index (χ0) is 24.9. The fraction of sp³-hybridized carbons (Fsp3) is 0.136. The molecule has 178 valence electrons. The van der Waals surface area contributed by atoms with Crippen LogP contribution in [0.3, 0.4) is 0 Å². The molecule has 0 aromatic heterocycles. The maximum absolute atomic E-state index is 12.8. The Hall–Kier alpha value is -3.31. The molecule has 12 heteroatoms. The summed E-state index contributed by atoms with van der Waals surface area (Å²) in [6, 6.07) is 12.6. The lowest BCUT2D eigenvalue weighted by Crippen LogP contribution is -2.06.